The number of nitrogens with one attached hydrogen (secondary N) is 1. The lowest BCUT2D eigenvalue weighted by atomic mass is 10.0. The lowest BCUT2D eigenvalue weighted by molar-refractivity contribution is -0.139. The highest BCUT2D eigenvalue weighted by Gasteiger charge is 2.35. The number of rotatable bonds is 7. The number of aromatic nitrogens is 1. The van der Waals surface area contributed by atoms with Crippen molar-refractivity contribution in [3.05, 3.63) is 101 Å². The van der Waals surface area contributed by atoms with Crippen molar-refractivity contribution in [1.29, 1.82) is 0 Å². The molecule has 0 unspecified atom stereocenters. The van der Waals surface area contributed by atoms with Crippen LogP contribution >= 0.6 is 11.6 Å². The number of fused-ring (bicyclic) bond motifs is 1. The zero-order chi connectivity index (χ0) is 25.1. The number of aromatic amines is 1. The monoisotopic (exact) mass is 501 g/mol. The SMILES string of the molecule is COc1cccc(CN2C(=O)CN(C(=O)c3cc4cc(Cl)ccc4[nH]3)C[C@@H]2CCc2ccccc2)c1. The van der Waals surface area contributed by atoms with E-state index < -0.39 is 0 Å². The van der Waals surface area contributed by atoms with Gasteiger partial charge in [-0.15, -0.1) is 0 Å². The van der Waals surface area contributed by atoms with Gasteiger partial charge in [0.1, 0.15) is 18.0 Å². The fourth-order valence-electron chi connectivity index (χ4n) is 4.83. The zero-order valence-corrected chi connectivity index (χ0v) is 20.9. The van der Waals surface area contributed by atoms with Crippen LogP contribution in [0.3, 0.4) is 0 Å². The Labute approximate surface area is 215 Å². The Morgan fingerprint density at radius 2 is 1.83 bits per heavy atom. The summed E-state index contributed by atoms with van der Waals surface area (Å²) in [6.07, 6.45) is 1.58. The number of amides is 2. The van der Waals surface area contributed by atoms with Gasteiger partial charge in [0.25, 0.3) is 5.91 Å². The molecular formula is C29H28ClN3O3. The lowest BCUT2D eigenvalue weighted by Crippen LogP contribution is -2.57. The number of ether oxygens (including phenoxy) is 1. The van der Waals surface area contributed by atoms with Crippen LogP contribution in [0, 0.1) is 0 Å². The Kier molecular flexibility index (Phi) is 6.96. The van der Waals surface area contributed by atoms with Gasteiger partial charge in [-0.05, 0) is 60.4 Å². The molecule has 4 aromatic rings. The average molecular weight is 502 g/mol. The van der Waals surface area contributed by atoms with Crippen LogP contribution in [0.4, 0.5) is 0 Å². The van der Waals surface area contributed by atoms with E-state index in [1.165, 1.54) is 5.56 Å². The van der Waals surface area contributed by atoms with Crippen LogP contribution in [0.15, 0.2) is 78.9 Å². The fourth-order valence-corrected chi connectivity index (χ4v) is 5.01. The van der Waals surface area contributed by atoms with Crippen molar-refractivity contribution in [3.63, 3.8) is 0 Å². The molecule has 184 valence electrons. The van der Waals surface area contributed by atoms with Crippen molar-refractivity contribution >= 4 is 34.3 Å². The fraction of sp³-hybridized carbons (Fsp3) is 0.241. The number of aryl methyl sites for hydroxylation is 1. The predicted molar refractivity (Wildman–Crippen MR) is 141 cm³/mol. The van der Waals surface area contributed by atoms with E-state index in [2.05, 4.69) is 17.1 Å². The zero-order valence-electron chi connectivity index (χ0n) is 20.1. The number of halogens is 1. The third-order valence-corrected chi connectivity index (χ3v) is 6.95. The van der Waals surface area contributed by atoms with E-state index >= 15 is 0 Å². The van der Waals surface area contributed by atoms with Crippen molar-refractivity contribution in [1.82, 2.24) is 14.8 Å². The van der Waals surface area contributed by atoms with Gasteiger partial charge in [0.2, 0.25) is 5.91 Å². The van der Waals surface area contributed by atoms with Gasteiger partial charge in [-0.2, -0.15) is 0 Å². The Balaban J connectivity index is 1.38. The molecule has 0 aliphatic carbocycles. The summed E-state index contributed by atoms with van der Waals surface area (Å²) in [5.74, 6) is 0.518. The molecule has 0 bridgehead atoms. The summed E-state index contributed by atoms with van der Waals surface area (Å²) in [5, 5.41) is 1.48. The summed E-state index contributed by atoms with van der Waals surface area (Å²) in [7, 11) is 1.63. The normalized spacial score (nSPS) is 15.9. The van der Waals surface area contributed by atoms with Gasteiger partial charge in [-0.1, -0.05) is 54.1 Å². The molecule has 2 heterocycles. The molecular weight excluding hydrogens is 474 g/mol. The first-order valence-corrected chi connectivity index (χ1v) is 12.4. The van der Waals surface area contributed by atoms with Gasteiger partial charge in [0.05, 0.1) is 13.2 Å². The summed E-state index contributed by atoms with van der Waals surface area (Å²) in [6.45, 7) is 0.987. The molecule has 36 heavy (non-hydrogen) atoms. The highest BCUT2D eigenvalue weighted by atomic mass is 35.5. The number of hydrogen-bond acceptors (Lipinski definition) is 3. The maximum Gasteiger partial charge on any atom is 0.270 e. The van der Waals surface area contributed by atoms with Gasteiger partial charge < -0.3 is 19.5 Å². The van der Waals surface area contributed by atoms with Crippen LogP contribution in [0.5, 0.6) is 5.75 Å². The van der Waals surface area contributed by atoms with E-state index in [9.17, 15) is 9.59 Å². The number of benzene rings is 3. The number of piperazine rings is 1. The standard InChI is InChI=1S/C29H28ClN3O3/c1-36-25-9-5-8-21(14-25)17-33-24(12-10-20-6-3-2-4-7-20)18-32(19-28(33)34)29(35)27-16-22-15-23(30)11-13-26(22)31-27/h2-9,11,13-16,24,31H,10,12,17-19H2,1H3/t24-/m0/s1. The minimum Gasteiger partial charge on any atom is -0.497 e. The van der Waals surface area contributed by atoms with Gasteiger partial charge in [0.15, 0.2) is 0 Å². The van der Waals surface area contributed by atoms with E-state index in [1.807, 2.05) is 59.5 Å². The molecule has 5 rings (SSSR count). The maximum atomic E-state index is 13.4. The highest BCUT2D eigenvalue weighted by molar-refractivity contribution is 6.31. The van der Waals surface area contributed by atoms with Gasteiger partial charge >= 0.3 is 0 Å². The van der Waals surface area contributed by atoms with E-state index in [-0.39, 0.29) is 24.4 Å². The number of carbonyl (C=O) groups excluding carboxylic acids is 2. The minimum absolute atomic E-state index is 0.0424. The average Bonchev–Trinajstić information content (AvgIpc) is 3.32. The molecule has 0 saturated carbocycles. The molecule has 1 N–H and O–H groups in total. The Morgan fingerprint density at radius 1 is 1.03 bits per heavy atom. The topological polar surface area (TPSA) is 65.6 Å². The molecule has 6 nitrogen and oxygen atoms in total. The summed E-state index contributed by atoms with van der Waals surface area (Å²) >= 11 is 6.11. The molecule has 1 aliphatic rings. The first-order chi connectivity index (χ1) is 17.5. The minimum atomic E-state index is -0.179. The van der Waals surface area contributed by atoms with Crippen molar-refractivity contribution in [3.8, 4) is 5.75 Å². The number of methoxy groups -OCH3 is 1. The summed E-state index contributed by atoms with van der Waals surface area (Å²) < 4.78 is 5.36. The van der Waals surface area contributed by atoms with Gasteiger partial charge in [0, 0.05) is 29.0 Å². The Hall–Kier alpha value is -3.77. The van der Waals surface area contributed by atoms with E-state index in [1.54, 1.807) is 24.1 Å². The van der Waals surface area contributed by atoms with E-state index in [0.717, 1.165) is 35.1 Å². The largest absolute Gasteiger partial charge is 0.497 e. The second kappa shape index (κ2) is 10.5. The number of hydrogen-bond donors (Lipinski definition) is 1. The van der Waals surface area contributed by atoms with Crippen LogP contribution in [-0.4, -0.2) is 52.8 Å². The molecule has 1 saturated heterocycles. The van der Waals surface area contributed by atoms with Crippen molar-refractivity contribution < 1.29 is 14.3 Å². The highest BCUT2D eigenvalue weighted by Crippen LogP contribution is 2.25. The lowest BCUT2D eigenvalue weighted by Gasteiger charge is -2.41. The van der Waals surface area contributed by atoms with E-state index in [0.29, 0.717) is 23.8 Å². The molecule has 2 amide bonds. The second-order valence-corrected chi connectivity index (χ2v) is 9.59. The molecule has 1 aliphatic heterocycles. The van der Waals surface area contributed by atoms with Crippen molar-refractivity contribution in [2.45, 2.75) is 25.4 Å². The first-order valence-electron chi connectivity index (χ1n) is 12.0. The summed E-state index contributed by atoms with van der Waals surface area (Å²) in [6, 6.07) is 25.2. The smallest absolute Gasteiger partial charge is 0.270 e. The number of nitrogens with zero attached hydrogens (tertiary/aromatic N) is 2. The Bertz CT molecular complexity index is 1390. The third-order valence-electron chi connectivity index (χ3n) is 6.71. The van der Waals surface area contributed by atoms with Gasteiger partial charge in [-0.25, -0.2) is 0 Å². The van der Waals surface area contributed by atoms with E-state index in [4.69, 9.17) is 16.3 Å². The first kappa shape index (κ1) is 23.9. The quantitative estimate of drug-likeness (QED) is 0.373. The molecule has 1 atom stereocenters. The predicted octanol–water partition coefficient (Wildman–Crippen LogP) is 5.32. The van der Waals surface area contributed by atoms with Crippen LogP contribution < -0.4 is 4.74 Å². The van der Waals surface area contributed by atoms with Crippen LogP contribution in [0.2, 0.25) is 5.02 Å². The Morgan fingerprint density at radius 3 is 2.64 bits per heavy atom. The molecule has 0 radical (unpaired) electrons. The summed E-state index contributed by atoms with van der Waals surface area (Å²) in [4.78, 5) is 33.6. The van der Waals surface area contributed by atoms with Crippen LogP contribution in [0.25, 0.3) is 10.9 Å². The van der Waals surface area contributed by atoms with Gasteiger partial charge in [-0.3, -0.25) is 9.59 Å². The third kappa shape index (κ3) is 5.24. The molecule has 1 aromatic heterocycles. The molecule has 1 fully saturated rings. The molecule has 3 aromatic carbocycles. The van der Waals surface area contributed by atoms with Crippen molar-refractivity contribution in [2.24, 2.45) is 0 Å². The van der Waals surface area contributed by atoms with Crippen LogP contribution in [-0.2, 0) is 17.8 Å². The number of carbonyl (C=O) groups is 2. The summed E-state index contributed by atoms with van der Waals surface area (Å²) in [5.41, 5.74) is 3.51. The number of H-pyrrole nitrogens is 1. The molecule has 7 heteroatoms. The maximum absolute atomic E-state index is 13.4. The second-order valence-electron chi connectivity index (χ2n) is 9.15. The van der Waals surface area contributed by atoms with Crippen LogP contribution in [0.1, 0.15) is 28.0 Å². The molecule has 0 spiro atoms. The van der Waals surface area contributed by atoms with Crippen molar-refractivity contribution in [2.75, 3.05) is 20.2 Å².